The third kappa shape index (κ3) is 5.52. The zero-order valence-electron chi connectivity index (χ0n) is 16.7. The molecular weight excluding hydrogens is 426 g/mol. The number of aliphatic hydroxyl groups excluding tert-OH is 1. The standard InChI is InChI=1S/C23H27Cl2FN2O2/c1-15(24)6-4-11-21(26)20-13-19(14-29)28(18-9-2-3-10-18)22(20)23(30)27-17-8-5-7-16(25)12-17/h4-8,11-12,18-20,22,29H,1-3,9-10,13-14H2,(H,27,30)/b6-4-,21-11-/t19-,20?,22?/m1/s1. The SMILES string of the molecule is C=C(Cl)/C=C\C=C(/F)C1C[C@H](CO)N(C2CCCC2)C1C(=O)Nc1cccc(Cl)c1. The third-order valence-electron chi connectivity index (χ3n) is 5.85. The Morgan fingerprint density at radius 1 is 1.37 bits per heavy atom. The van der Waals surface area contributed by atoms with Crippen LogP contribution in [0.4, 0.5) is 10.1 Å². The van der Waals surface area contributed by atoms with Gasteiger partial charge in [-0.3, -0.25) is 9.69 Å². The number of amides is 1. The van der Waals surface area contributed by atoms with Gasteiger partial charge in [-0.05, 0) is 49.6 Å². The molecule has 1 aromatic rings. The highest BCUT2D eigenvalue weighted by Crippen LogP contribution is 2.41. The van der Waals surface area contributed by atoms with E-state index in [1.54, 1.807) is 24.3 Å². The van der Waals surface area contributed by atoms with Crippen molar-refractivity contribution in [3.8, 4) is 0 Å². The Hall–Kier alpha value is -1.66. The van der Waals surface area contributed by atoms with Crippen molar-refractivity contribution in [2.24, 2.45) is 5.92 Å². The molecule has 2 unspecified atom stereocenters. The Kier molecular flexibility index (Phi) is 8.12. The van der Waals surface area contributed by atoms with Gasteiger partial charge in [-0.15, -0.1) is 0 Å². The van der Waals surface area contributed by atoms with Crippen molar-refractivity contribution in [1.29, 1.82) is 0 Å². The second-order valence-corrected chi connectivity index (χ2v) is 8.79. The van der Waals surface area contributed by atoms with Gasteiger partial charge in [0, 0.05) is 33.7 Å². The van der Waals surface area contributed by atoms with Gasteiger partial charge in [0.1, 0.15) is 5.83 Å². The number of halogens is 3. The predicted molar refractivity (Wildman–Crippen MR) is 120 cm³/mol. The van der Waals surface area contributed by atoms with Crippen molar-refractivity contribution >= 4 is 34.8 Å². The van der Waals surface area contributed by atoms with Gasteiger partial charge in [-0.1, -0.05) is 54.8 Å². The van der Waals surface area contributed by atoms with E-state index in [2.05, 4.69) is 11.9 Å². The molecule has 1 aliphatic carbocycles. The second-order valence-electron chi connectivity index (χ2n) is 7.87. The maximum atomic E-state index is 15.2. The maximum absolute atomic E-state index is 15.2. The van der Waals surface area contributed by atoms with Gasteiger partial charge in [0.05, 0.1) is 12.6 Å². The number of anilines is 1. The highest BCUT2D eigenvalue weighted by Gasteiger charge is 2.49. The molecule has 162 valence electrons. The highest BCUT2D eigenvalue weighted by molar-refractivity contribution is 6.31. The molecule has 2 aliphatic rings. The molecule has 3 atom stereocenters. The Bertz CT molecular complexity index is 836. The molecule has 0 radical (unpaired) electrons. The largest absolute Gasteiger partial charge is 0.395 e. The molecule has 2 N–H and O–H groups in total. The van der Waals surface area contributed by atoms with Crippen LogP contribution in [0.5, 0.6) is 0 Å². The normalized spacial score (nSPS) is 25.9. The minimum absolute atomic E-state index is 0.116. The summed E-state index contributed by atoms with van der Waals surface area (Å²) >= 11 is 11.7. The molecule has 4 nitrogen and oxygen atoms in total. The first-order chi connectivity index (χ1) is 14.4. The summed E-state index contributed by atoms with van der Waals surface area (Å²) < 4.78 is 15.2. The second kappa shape index (κ2) is 10.6. The van der Waals surface area contributed by atoms with Crippen LogP contribution in [0.25, 0.3) is 0 Å². The lowest BCUT2D eigenvalue weighted by atomic mass is 9.95. The van der Waals surface area contributed by atoms with Crippen LogP contribution >= 0.6 is 23.2 Å². The molecule has 1 saturated heterocycles. The highest BCUT2D eigenvalue weighted by atomic mass is 35.5. The zero-order chi connectivity index (χ0) is 21.7. The molecule has 1 amide bonds. The third-order valence-corrected chi connectivity index (χ3v) is 6.22. The van der Waals surface area contributed by atoms with Crippen molar-refractivity contribution in [3.05, 3.63) is 65.0 Å². The van der Waals surface area contributed by atoms with Crippen LogP contribution in [0.2, 0.25) is 5.02 Å². The van der Waals surface area contributed by atoms with Crippen LogP contribution in [0.15, 0.2) is 59.9 Å². The van der Waals surface area contributed by atoms with E-state index in [-0.39, 0.29) is 24.6 Å². The minimum atomic E-state index is -0.715. The lowest BCUT2D eigenvalue weighted by molar-refractivity contribution is -0.122. The van der Waals surface area contributed by atoms with Crippen LogP contribution in [0, 0.1) is 5.92 Å². The van der Waals surface area contributed by atoms with Crippen molar-refractivity contribution in [1.82, 2.24) is 4.90 Å². The van der Waals surface area contributed by atoms with Crippen molar-refractivity contribution in [2.75, 3.05) is 11.9 Å². The number of rotatable bonds is 7. The summed E-state index contributed by atoms with van der Waals surface area (Å²) in [5.74, 6) is -1.36. The van der Waals surface area contributed by atoms with Gasteiger partial charge in [-0.25, -0.2) is 4.39 Å². The number of carbonyl (C=O) groups is 1. The summed E-state index contributed by atoms with van der Waals surface area (Å²) in [4.78, 5) is 15.4. The fourth-order valence-electron chi connectivity index (χ4n) is 4.61. The molecule has 1 heterocycles. The number of likely N-dealkylation sites (tertiary alicyclic amines) is 1. The van der Waals surface area contributed by atoms with Crippen molar-refractivity contribution in [2.45, 2.75) is 50.2 Å². The molecule has 0 aromatic heterocycles. The van der Waals surface area contributed by atoms with E-state index in [0.29, 0.717) is 22.2 Å². The van der Waals surface area contributed by atoms with Gasteiger partial charge in [0.25, 0.3) is 0 Å². The summed E-state index contributed by atoms with van der Waals surface area (Å²) in [6.45, 7) is 3.43. The zero-order valence-corrected chi connectivity index (χ0v) is 18.2. The molecule has 0 bridgehead atoms. The summed E-state index contributed by atoms with van der Waals surface area (Å²) in [7, 11) is 0. The number of aliphatic hydroxyl groups is 1. The first-order valence-corrected chi connectivity index (χ1v) is 11.0. The Morgan fingerprint density at radius 2 is 2.10 bits per heavy atom. The van der Waals surface area contributed by atoms with E-state index in [9.17, 15) is 9.90 Å². The number of nitrogens with one attached hydrogen (secondary N) is 1. The van der Waals surface area contributed by atoms with Crippen LogP contribution in [0.3, 0.4) is 0 Å². The van der Waals surface area contributed by atoms with Crippen molar-refractivity contribution in [3.63, 3.8) is 0 Å². The van der Waals surface area contributed by atoms with Gasteiger partial charge in [0.15, 0.2) is 0 Å². The molecule has 7 heteroatoms. The minimum Gasteiger partial charge on any atom is -0.395 e. The van der Waals surface area contributed by atoms with E-state index in [4.69, 9.17) is 23.2 Å². The Balaban J connectivity index is 1.91. The molecule has 1 saturated carbocycles. The number of benzene rings is 1. The summed E-state index contributed by atoms with van der Waals surface area (Å²) in [5.41, 5.74) is 0.563. The lowest BCUT2D eigenvalue weighted by Gasteiger charge is -2.35. The number of allylic oxidation sites excluding steroid dienone is 4. The van der Waals surface area contributed by atoms with Crippen LogP contribution < -0.4 is 5.32 Å². The smallest absolute Gasteiger partial charge is 0.242 e. The van der Waals surface area contributed by atoms with E-state index in [1.807, 2.05) is 4.90 Å². The molecule has 1 aliphatic heterocycles. The molecule has 0 spiro atoms. The van der Waals surface area contributed by atoms with Gasteiger partial charge >= 0.3 is 0 Å². The van der Waals surface area contributed by atoms with Crippen LogP contribution in [-0.2, 0) is 4.79 Å². The average molecular weight is 453 g/mol. The molecule has 30 heavy (non-hydrogen) atoms. The number of carbonyl (C=O) groups excluding carboxylic acids is 1. The summed E-state index contributed by atoms with van der Waals surface area (Å²) in [6.07, 6.45) is 8.72. The molecule has 1 aromatic carbocycles. The van der Waals surface area contributed by atoms with Gasteiger partial charge < -0.3 is 10.4 Å². The number of hydrogen-bond acceptors (Lipinski definition) is 3. The average Bonchev–Trinajstić information content (AvgIpc) is 3.34. The molecule has 3 rings (SSSR count). The monoisotopic (exact) mass is 452 g/mol. The molecular formula is C23H27Cl2FN2O2. The van der Waals surface area contributed by atoms with E-state index in [0.717, 1.165) is 25.7 Å². The first-order valence-electron chi connectivity index (χ1n) is 10.2. The van der Waals surface area contributed by atoms with Gasteiger partial charge in [-0.2, -0.15) is 0 Å². The first kappa shape index (κ1) is 23.0. The van der Waals surface area contributed by atoms with Gasteiger partial charge in [0.2, 0.25) is 5.91 Å². The number of hydrogen-bond donors (Lipinski definition) is 2. The fourth-order valence-corrected chi connectivity index (χ4v) is 4.87. The van der Waals surface area contributed by atoms with Crippen LogP contribution in [0.1, 0.15) is 32.1 Å². The quantitative estimate of drug-likeness (QED) is 0.541. The Morgan fingerprint density at radius 3 is 2.73 bits per heavy atom. The summed E-state index contributed by atoms with van der Waals surface area (Å²) in [6, 6.07) is 6.06. The van der Waals surface area contributed by atoms with E-state index < -0.39 is 17.8 Å². The topological polar surface area (TPSA) is 52.6 Å². The lowest BCUT2D eigenvalue weighted by Crippen LogP contribution is -2.50. The predicted octanol–water partition coefficient (Wildman–Crippen LogP) is 5.43. The van der Waals surface area contributed by atoms with E-state index in [1.165, 1.54) is 18.2 Å². The van der Waals surface area contributed by atoms with E-state index >= 15 is 4.39 Å². The number of nitrogens with zero attached hydrogens (tertiary/aromatic N) is 1. The Labute approximate surface area is 187 Å². The van der Waals surface area contributed by atoms with Crippen molar-refractivity contribution < 1.29 is 14.3 Å². The summed E-state index contributed by atoms with van der Waals surface area (Å²) in [5, 5.41) is 13.7. The van der Waals surface area contributed by atoms with Crippen LogP contribution in [-0.4, -0.2) is 40.6 Å². The maximum Gasteiger partial charge on any atom is 0.242 e. The molecule has 2 fully saturated rings. The fraction of sp³-hybridized carbons (Fsp3) is 0.435.